The van der Waals surface area contributed by atoms with Gasteiger partial charge in [0.05, 0.1) is 12.8 Å². The summed E-state index contributed by atoms with van der Waals surface area (Å²) in [4.78, 5) is 26.4. The van der Waals surface area contributed by atoms with E-state index >= 15 is 0 Å². The van der Waals surface area contributed by atoms with Gasteiger partial charge in [-0.25, -0.2) is 0 Å². The summed E-state index contributed by atoms with van der Waals surface area (Å²) in [5.41, 5.74) is 4.02. The fraction of sp³-hybridized carbons (Fsp3) is 0.161. The largest absolute Gasteiger partial charge is 0.496 e. The van der Waals surface area contributed by atoms with Crippen molar-refractivity contribution >= 4 is 17.5 Å². The molecule has 4 rings (SSSR count). The average molecular weight is 493 g/mol. The number of ether oxygens (including phenoxy) is 2. The molecule has 6 heteroatoms. The number of nitrogens with one attached hydrogen (secondary N) is 1. The SMILES string of the molecule is COc1ccc(CN(Cc2ccccc2)C(=O)c2ccccc2)cc1COc1c#cc(NC(C)=O)cc1. The van der Waals surface area contributed by atoms with Crippen LogP contribution in [0.2, 0.25) is 0 Å². The normalized spacial score (nSPS) is 10.2. The second-order valence-electron chi connectivity index (χ2n) is 8.49. The standard InChI is InChI=1S/C31H28N2O4/c1-23(34)32-28-14-16-29(17-15-28)37-22-27-19-25(13-18-30(27)36-2)21-33(20-24-9-5-3-6-10-24)31(35)26-11-7-4-8-12-26/h3-14,16,18-19H,20-22H2,1-2H3,(H,32,34). The average Bonchev–Trinajstić information content (AvgIpc) is 2.93. The molecule has 4 aromatic rings. The van der Waals surface area contributed by atoms with Crippen molar-refractivity contribution in [1.29, 1.82) is 0 Å². The molecule has 6 nitrogen and oxygen atoms in total. The molecule has 2 amide bonds. The van der Waals surface area contributed by atoms with Crippen LogP contribution in [0, 0.1) is 12.1 Å². The first kappa shape index (κ1) is 25.3. The molecular weight excluding hydrogens is 464 g/mol. The summed E-state index contributed by atoms with van der Waals surface area (Å²) >= 11 is 0. The van der Waals surface area contributed by atoms with Crippen LogP contribution in [-0.2, 0) is 24.5 Å². The van der Waals surface area contributed by atoms with Crippen molar-refractivity contribution < 1.29 is 19.1 Å². The van der Waals surface area contributed by atoms with E-state index in [1.807, 2.05) is 83.8 Å². The monoisotopic (exact) mass is 492 g/mol. The minimum Gasteiger partial charge on any atom is -0.496 e. The zero-order chi connectivity index (χ0) is 26.0. The maximum absolute atomic E-state index is 13.4. The van der Waals surface area contributed by atoms with Gasteiger partial charge in [-0.1, -0.05) is 54.6 Å². The highest BCUT2D eigenvalue weighted by molar-refractivity contribution is 5.94. The molecule has 0 bridgehead atoms. The van der Waals surface area contributed by atoms with Gasteiger partial charge < -0.3 is 19.7 Å². The summed E-state index contributed by atoms with van der Waals surface area (Å²) in [6.45, 7) is 2.58. The van der Waals surface area contributed by atoms with Crippen LogP contribution in [0.1, 0.15) is 34.0 Å². The van der Waals surface area contributed by atoms with Crippen molar-refractivity contribution in [3.05, 3.63) is 125 Å². The fourth-order valence-corrected chi connectivity index (χ4v) is 3.90. The van der Waals surface area contributed by atoms with Crippen molar-refractivity contribution in [2.24, 2.45) is 0 Å². The van der Waals surface area contributed by atoms with Gasteiger partial charge in [0.25, 0.3) is 5.91 Å². The van der Waals surface area contributed by atoms with E-state index in [0.29, 0.717) is 35.8 Å². The predicted octanol–water partition coefficient (Wildman–Crippen LogP) is 5.68. The topological polar surface area (TPSA) is 67.9 Å². The molecule has 186 valence electrons. The lowest BCUT2D eigenvalue weighted by Crippen LogP contribution is -2.30. The van der Waals surface area contributed by atoms with Crippen LogP contribution in [0.15, 0.2) is 91.0 Å². The Labute approximate surface area is 217 Å². The lowest BCUT2D eigenvalue weighted by molar-refractivity contribution is -0.114. The molecule has 0 saturated carbocycles. The van der Waals surface area contributed by atoms with Crippen LogP contribution in [0.3, 0.4) is 0 Å². The predicted molar refractivity (Wildman–Crippen MR) is 142 cm³/mol. The van der Waals surface area contributed by atoms with E-state index in [-0.39, 0.29) is 18.4 Å². The Bertz CT molecular complexity index is 1320. The first-order chi connectivity index (χ1) is 18.0. The number of anilines is 1. The number of carbonyl (C=O) groups is 2. The number of hydrogen-bond donors (Lipinski definition) is 1. The Kier molecular flexibility index (Phi) is 8.41. The van der Waals surface area contributed by atoms with Gasteiger partial charge in [0.15, 0.2) is 5.75 Å². The van der Waals surface area contributed by atoms with Crippen LogP contribution in [-0.4, -0.2) is 23.8 Å². The molecular formula is C31H28N2O4. The molecule has 0 saturated heterocycles. The molecule has 1 N–H and O–H groups in total. The highest BCUT2D eigenvalue weighted by Crippen LogP contribution is 2.24. The third-order valence-electron chi connectivity index (χ3n) is 5.66. The summed E-state index contributed by atoms with van der Waals surface area (Å²) < 4.78 is 11.4. The Morgan fingerprint density at radius 3 is 2.19 bits per heavy atom. The van der Waals surface area contributed by atoms with E-state index in [0.717, 1.165) is 16.7 Å². The van der Waals surface area contributed by atoms with Gasteiger partial charge in [0.1, 0.15) is 12.4 Å². The van der Waals surface area contributed by atoms with Crippen LogP contribution in [0.5, 0.6) is 11.5 Å². The van der Waals surface area contributed by atoms with Gasteiger partial charge in [-0.15, -0.1) is 0 Å². The lowest BCUT2D eigenvalue weighted by atomic mass is 10.1. The second-order valence-corrected chi connectivity index (χ2v) is 8.49. The third kappa shape index (κ3) is 7.12. The summed E-state index contributed by atoms with van der Waals surface area (Å²) in [6.07, 6.45) is 0. The lowest BCUT2D eigenvalue weighted by Gasteiger charge is -2.24. The van der Waals surface area contributed by atoms with E-state index < -0.39 is 0 Å². The van der Waals surface area contributed by atoms with Crippen molar-refractivity contribution in [1.82, 2.24) is 4.90 Å². The Morgan fingerprint density at radius 2 is 1.54 bits per heavy atom. The second kappa shape index (κ2) is 12.3. The molecule has 37 heavy (non-hydrogen) atoms. The minimum atomic E-state index is -0.174. The maximum Gasteiger partial charge on any atom is 0.254 e. The number of benzene rings is 3. The number of nitrogens with zero attached hydrogens (tertiary/aromatic N) is 1. The zero-order valence-electron chi connectivity index (χ0n) is 20.9. The van der Waals surface area contributed by atoms with Crippen molar-refractivity contribution in [3.63, 3.8) is 0 Å². The van der Waals surface area contributed by atoms with Crippen LogP contribution >= 0.6 is 0 Å². The number of carbonyl (C=O) groups excluding carboxylic acids is 2. The van der Waals surface area contributed by atoms with E-state index in [1.54, 1.807) is 19.2 Å². The van der Waals surface area contributed by atoms with Gasteiger partial charge in [-0.05, 0) is 59.7 Å². The first-order valence-electron chi connectivity index (χ1n) is 11.9. The summed E-state index contributed by atoms with van der Waals surface area (Å²) in [7, 11) is 1.61. The van der Waals surface area contributed by atoms with Crippen molar-refractivity contribution in [2.75, 3.05) is 12.4 Å². The highest BCUT2D eigenvalue weighted by Gasteiger charge is 2.17. The first-order valence-corrected chi connectivity index (χ1v) is 11.9. The molecule has 0 aliphatic carbocycles. The third-order valence-corrected chi connectivity index (χ3v) is 5.66. The minimum absolute atomic E-state index is 0.0394. The van der Waals surface area contributed by atoms with Crippen molar-refractivity contribution in [2.45, 2.75) is 26.6 Å². The van der Waals surface area contributed by atoms with E-state index in [1.165, 1.54) is 6.92 Å². The van der Waals surface area contributed by atoms with E-state index in [2.05, 4.69) is 17.4 Å². The molecule has 0 heterocycles. The van der Waals surface area contributed by atoms with Crippen LogP contribution in [0.4, 0.5) is 5.69 Å². The van der Waals surface area contributed by atoms with Gasteiger partial charge in [-0.3, -0.25) is 9.59 Å². The molecule has 0 aromatic heterocycles. The quantitative estimate of drug-likeness (QED) is 0.310. The number of amides is 2. The molecule has 0 aliphatic rings. The molecule has 0 atom stereocenters. The fourth-order valence-electron chi connectivity index (χ4n) is 3.90. The Balaban J connectivity index is 1.52. The van der Waals surface area contributed by atoms with E-state index in [4.69, 9.17) is 9.47 Å². The zero-order valence-corrected chi connectivity index (χ0v) is 20.9. The summed E-state index contributed by atoms with van der Waals surface area (Å²) in [5.74, 6) is 0.965. The van der Waals surface area contributed by atoms with Crippen LogP contribution < -0.4 is 14.8 Å². The Morgan fingerprint density at radius 1 is 0.838 bits per heavy atom. The number of hydrogen-bond acceptors (Lipinski definition) is 4. The molecule has 0 unspecified atom stereocenters. The molecule has 4 aromatic carbocycles. The Hall–Kier alpha value is -4.76. The summed E-state index contributed by atoms with van der Waals surface area (Å²) in [5, 5.41) is 2.65. The summed E-state index contributed by atoms with van der Waals surface area (Å²) in [6, 6.07) is 34.3. The van der Waals surface area contributed by atoms with E-state index in [9.17, 15) is 9.59 Å². The molecule has 0 aliphatic heterocycles. The highest BCUT2D eigenvalue weighted by atomic mass is 16.5. The molecule has 0 radical (unpaired) electrons. The number of methoxy groups -OCH3 is 1. The van der Waals surface area contributed by atoms with Gasteiger partial charge >= 0.3 is 0 Å². The molecule has 0 spiro atoms. The molecule has 0 fully saturated rings. The smallest absolute Gasteiger partial charge is 0.254 e. The van der Waals surface area contributed by atoms with Crippen LogP contribution in [0.25, 0.3) is 0 Å². The van der Waals surface area contributed by atoms with Gasteiger partial charge in [0, 0.05) is 31.1 Å². The van der Waals surface area contributed by atoms with Gasteiger partial charge in [0.2, 0.25) is 5.91 Å². The maximum atomic E-state index is 13.4. The van der Waals surface area contributed by atoms with Crippen molar-refractivity contribution in [3.8, 4) is 11.5 Å². The number of rotatable bonds is 10. The van der Waals surface area contributed by atoms with Gasteiger partial charge in [-0.2, -0.15) is 0 Å².